The molecular weight excluding hydrogens is 239 g/mol. The summed E-state index contributed by atoms with van der Waals surface area (Å²) < 4.78 is 37.9. The van der Waals surface area contributed by atoms with Crippen molar-refractivity contribution in [1.82, 2.24) is 0 Å². The second-order valence-electron chi connectivity index (χ2n) is 4.64. The molecule has 1 nitrogen and oxygen atoms in total. The Hall–Kier alpha value is -1.45. The van der Waals surface area contributed by atoms with E-state index in [2.05, 4.69) is 11.4 Å². The first-order chi connectivity index (χ1) is 8.47. The van der Waals surface area contributed by atoms with E-state index in [9.17, 15) is 13.2 Å². The molecule has 1 N–H and O–H groups in total. The number of hydrogen-bond donors (Lipinski definition) is 1. The van der Waals surface area contributed by atoms with Gasteiger partial charge in [0, 0.05) is 11.7 Å². The van der Waals surface area contributed by atoms with E-state index in [4.69, 9.17) is 0 Å². The zero-order chi connectivity index (χ0) is 13.2. The second-order valence-corrected chi connectivity index (χ2v) is 4.64. The van der Waals surface area contributed by atoms with Gasteiger partial charge in [0.1, 0.15) is 0 Å². The van der Waals surface area contributed by atoms with E-state index in [1.54, 1.807) is 0 Å². The van der Waals surface area contributed by atoms with Crippen LogP contribution in [0.5, 0.6) is 0 Å². The van der Waals surface area contributed by atoms with Gasteiger partial charge in [-0.25, -0.2) is 0 Å². The Kier molecular flexibility index (Phi) is 3.64. The number of anilines is 1. The third kappa shape index (κ3) is 3.06. The van der Waals surface area contributed by atoms with Gasteiger partial charge in [-0.05, 0) is 43.9 Å². The molecule has 1 aliphatic carbocycles. The first-order valence-corrected chi connectivity index (χ1v) is 6.08. The summed E-state index contributed by atoms with van der Waals surface area (Å²) in [7, 11) is 0. The number of allylic oxidation sites excluding steroid dienone is 1. The minimum atomic E-state index is -4.29. The molecule has 4 heteroatoms. The molecular formula is C14H16F3N. The molecule has 1 aliphatic rings. The van der Waals surface area contributed by atoms with Gasteiger partial charge in [-0.2, -0.15) is 13.2 Å². The van der Waals surface area contributed by atoms with Crippen LogP contribution in [0.4, 0.5) is 18.9 Å². The summed E-state index contributed by atoms with van der Waals surface area (Å²) in [5.41, 5.74) is 0.804. The fourth-order valence-corrected chi connectivity index (χ4v) is 2.09. The van der Waals surface area contributed by atoms with Crippen LogP contribution in [0.15, 0.2) is 30.4 Å². The first kappa shape index (κ1) is 13.0. The van der Waals surface area contributed by atoms with Gasteiger partial charge >= 0.3 is 6.18 Å². The molecule has 1 unspecified atom stereocenters. The Labute approximate surface area is 105 Å². The van der Waals surface area contributed by atoms with Crippen LogP contribution in [0.1, 0.15) is 30.4 Å². The predicted molar refractivity (Wildman–Crippen MR) is 66.6 cm³/mol. The number of hydrogen-bond acceptors (Lipinski definition) is 1. The maximum atomic E-state index is 12.6. The van der Waals surface area contributed by atoms with Gasteiger partial charge in [-0.1, -0.05) is 18.2 Å². The highest BCUT2D eigenvalue weighted by atomic mass is 19.4. The zero-order valence-corrected chi connectivity index (χ0v) is 10.2. The molecule has 0 radical (unpaired) electrons. The van der Waals surface area contributed by atoms with Crippen LogP contribution in [-0.2, 0) is 6.18 Å². The Morgan fingerprint density at radius 2 is 2.06 bits per heavy atom. The van der Waals surface area contributed by atoms with Crippen LogP contribution < -0.4 is 5.32 Å². The number of aryl methyl sites for hydroxylation is 1. The van der Waals surface area contributed by atoms with Gasteiger partial charge in [0.15, 0.2) is 0 Å². The van der Waals surface area contributed by atoms with Gasteiger partial charge in [0.25, 0.3) is 0 Å². The van der Waals surface area contributed by atoms with Gasteiger partial charge in [-0.3, -0.25) is 0 Å². The number of halogens is 3. The number of alkyl halides is 3. The smallest absolute Gasteiger partial charge is 0.379 e. The summed E-state index contributed by atoms with van der Waals surface area (Å²) in [4.78, 5) is 0. The van der Waals surface area contributed by atoms with E-state index >= 15 is 0 Å². The van der Waals surface area contributed by atoms with Crippen molar-refractivity contribution in [2.24, 2.45) is 0 Å². The molecule has 1 aromatic rings. The highest BCUT2D eigenvalue weighted by Crippen LogP contribution is 2.32. The third-order valence-corrected chi connectivity index (χ3v) is 3.16. The summed E-state index contributed by atoms with van der Waals surface area (Å²) in [6, 6.07) is 3.97. The SMILES string of the molecule is Cc1ccc(C(F)(F)F)cc1NC1C=CCCC1. The van der Waals surface area contributed by atoms with Gasteiger partial charge in [-0.15, -0.1) is 0 Å². The Balaban J connectivity index is 2.21. The molecule has 0 heterocycles. The lowest BCUT2D eigenvalue weighted by molar-refractivity contribution is -0.137. The fraction of sp³-hybridized carbons (Fsp3) is 0.429. The molecule has 2 rings (SSSR count). The van der Waals surface area contributed by atoms with Crippen LogP contribution in [0, 0.1) is 6.92 Å². The fourth-order valence-electron chi connectivity index (χ4n) is 2.09. The van der Waals surface area contributed by atoms with Crippen molar-refractivity contribution in [2.45, 2.75) is 38.4 Å². The van der Waals surface area contributed by atoms with Crippen LogP contribution in [0.2, 0.25) is 0 Å². The van der Waals surface area contributed by atoms with E-state index in [1.807, 2.05) is 13.0 Å². The molecule has 98 valence electrons. The summed E-state index contributed by atoms with van der Waals surface area (Å²) in [5.74, 6) is 0. The topological polar surface area (TPSA) is 12.0 Å². The van der Waals surface area contributed by atoms with Crippen molar-refractivity contribution in [3.63, 3.8) is 0 Å². The number of benzene rings is 1. The molecule has 0 saturated heterocycles. The van der Waals surface area contributed by atoms with Crippen molar-refractivity contribution in [1.29, 1.82) is 0 Å². The van der Waals surface area contributed by atoms with Gasteiger partial charge in [0.2, 0.25) is 0 Å². The monoisotopic (exact) mass is 255 g/mol. The van der Waals surface area contributed by atoms with Crippen molar-refractivity contribution in [3.05, 3.63) is 41.5 Å². The minimum Gasteiger partial charge on any atom is -0.379 e. The maximum absolute atomic E-state index is 12.6. The highest BCUT2D eigenvalue weighted by Gasteiger charge is 2.30. The highest BCUT2D eigenvalue weighted by molar-refractivity contribution is 5.54. The molecule has 0 spiro atoms. The van der Waals surface area contributed by atoms with E-state index in [1.165, 1.54) is 12.1 Å². The second kappa shape index (κ2) is 5.04. The molecule has 1 atom stereocenters. The van der Waals surface area contributed by atoms with Crippen molar-refractivity contribution in [2.75, 3.05) is 5.32 Å². The van der Waals surface area contributed by atoms with E-state index in [0.717, 1.165) is 30.9 Å². The lowest BCUT2D eigenvalue weighted by Crippen LogP contribution is -2.19. The Morgan fingerprint density at radius 3 is 2.67 bits per heavy atom. The van der Waals surface area contributed by atoms with E-state index in [-0.39, 0.29) is 6.04 Å². The lowest BCUT2D eigenvalue weighted by atomic mass is 10.0. The summed E-state index contributed by atoms with van der Waals surface area (Å²) in [5, 5.41) is 3.17. The zero-order valence-electron chi connectivity index (χ0n) is 10.2. The van der Waals surface area contributed by atoms with E-state index < -0.39 is 11.7 Å². The molecule has 0 saturated carbocycles. The van der Waals surface area contributed by atoms with Gasteiger partial charge in [0.05, 0.1) is 5.56 Å². The number of nitrogens with one attached hydrogen (secondary N) is 1. The number of rotatable bonds is 2. The first-order valence-electron chi connectivity index (χ1n) is 6.08. The van der Waals surface area contributed by atoms with Gasteiger partial charge < -0.3 is 5.32 Å². The molecule has 0 amide bonds. The van der Waals surface area contributed by atoms with E-state index in [0.29, 0.717) is 5.69 Å². The summed E-state index contributed by atoms with van der Waals surface area (Å²) in [6.45, 7) is 1.81. The quantitative estimate of drug-likeness (QED) is 0.765. The standard InChI is InChI=1S/C14H16F3N/c1-10-7-8-11(14(15,16)17)9-13(10)18-12-5-3-2-4-6-12/h3,5,7-9,12,18H,2,4,6H2,1H3. The normalized spacial score (nSPS) is 19.9. The molecule has 0 aliphatic heterocycles. The summed E-state index contributed by atoms with van der Waals surface area (Å²) in [6.07, 6.45) is 2.91. The third-order valence-electron chi connectivity index (χ3n) is 3.16. The lowest BCUT2D eigenvalue weighted by Gasteiger charge is -2.21. The molecule has 0 bridgehead atoms. The average molecular weight is 255 g/mol. The predicted octanol–water partition coefficient (Wildman–Crippen LogP) is 4.53. The van der Waals surface area contributed by atoms with Crippen LogP contribution in [0.25, 0.3) is 0 Å². The van der Waals surface area contributed by atoms with Crippen molar-refractivity contribution in [3.8, 4) is 0 Å². The molecule has 18 heavy (non-hydrogen) atoms. The molecule has 0 aromatic heterocycles. The van der Waals surface area contributed by atoms with Crippen molar-refractivity contribution < 1.29 is 13.2 Å². The van der Waals surface area contributed by atoms with Crippen LogP contribution in [0.3, 0.4) is 0 Å². The van der Waals surface area contributed by atoms with Crippen LogP contribution in [-0.4, -0.2) is 6.04 Å². The summed E-state index contributed by atoms with van der Waals surface area (Å²) >= 11 is 0. The maximum Gasteiger partial charge on any atom is 0.416 e. The Bertz CT molecular complexity index is 449. The average Bonchev–Trinajstić information content (AvgIpc) is 2.32. The Morgan fingerprint density at radius 1 is 1.28 bits per heavy atom. The van der Waals surface area contributed by atoms with Crippen molar-refractivity contribution >= 4 is 5.69 Å². The largest absolute Gasteiger partial charge is 0.416 e. The molecule has 1 aromatic carbocycles. The van der Waals surface area contributed by atoms with Crippen LogP contribution >= 0.6 is 0 Å². The minimum absolute atomic E-state index is 0.140. The molecule has 0 fully saturated rings.